The van der Waals surface area contributed by atoms with Crippen LogP contribution >= 0.6 is 0 Å². The van der Waals surface area contributed by atoms with Gasteiger partial charge in [-0.1, -0.05) is 182 Å². The van der Waals surface area contributed by atoms with Gasteiger partial charge < -0.3 is 13.9 Å². The van der Waals surface area contributed by atoms with Crippen molar-refractivity contribution in [3.8, 4) is 61.3 Å². The number of nitrogens with zero attached hydrogens (tertiary/aromatic N) is 2. The maximum absolute atomic E-state index is 6.29. The van der Waals surface area contributed by atoms with Crippen LogP contribution < -0.4 is 4.90 Å². The Hall–Kier alpha value is -9.18. The van der Waals surface area contributed by atoms with E-state index in [-0.39, 0.29) is 0 Å². The highest BCUT2D eigenvalue weighted by Gasteiger charge is 2.19. The molecule has 11 aromatic carbocycles. The largest absolute Gasteiger partial charge is 0.456 e. The van der Waals surface area contributed by atoms with Crippen LogP contribution in [-0.2, 0) is 0 Å². The predicted molar refractivity (Wildman–Crippen MR) is 290 cm³/mol. The van der Waals surface area contributed by atoms with Gasteiger partial charge in [0, 0.05) is 44.3 Å². The summed E-state index contributed by atoms with van der Waals surface area (Å²) in [7, 11) is 0. The molecule has 13 aromatic rings. The molecular weight excluding hydrogens is 837 g/mol. The molecule has 0 bridgehead atoms. The summed E-state index contributed by atoms with van der Waals surface area (Å²) < 4.78 is 8.69. The highest BCUT2D eigenvalue weighted by Crippen LogP contribution is 2.43. The molecule has 0 radical (unpaired) electrons. The Bertz CT molecular complexity index is 3980. The summed E-state index contributed by atoms with van der Waals surface area (Å²) >= 11 is 0. The van der Waals surface area contributed by atoms with Gasteiger partial charge in [-0.25, -0.2) is 0 Å². The Kier molecular flexibility index (Phi) is 9.84. The molecule has 324 valence electrons. The fourth-order valence-electron chi connectivity index (χ4n) is 10.2. The first-order chi connectivity index (χ1) is 34.2. The highest BCUT2D eigenvalue weighted by atomic mass is 16.3. The maximum Gasteiger partial charge on any atom is 0.135 e. The van der Waals surface area contributed by atoms with Crippen molar-refractivity contribution in [2.75, 3.05) is 4.90 Å². The molecule has 3 nitrogen and oxygen atoms in total. The molecule has 0 atom stereocenters. The lowest BCUT2D eigenvalue weighted by atomic mass is 9.90. The molecule has 69 heavy (non-hydrogen) atoms. The Morgan fingerprint density at radius 3 is 1.51 bits per heavy atom. The molecule has 2 heterocycles. The van der Waals surface area contributed by atoms with Gasteiger partial charge in [0.15, 0.2) is 0 Å². The molecule has 0 spiro atoms. The first kappa shape index (κ1) is 40.1. The smallest absolute Gasteiger partial charge is 0.135 e. The van der Waals surface area contributed by atoms with E-state index >= 15 is 0 Å². The van der Waals surface area contributed by atoms with Crippen molar-refractivity contribution in [1.82, 2.24) is 4.57 Å². The lowest BCUT2D eigenvalue weighted by molar-refractivity contribution is 0.669. The summed E-state index contributed by atoms with van der Waals surface area (Å²) in [4.78, 5) is 2.35. The summed E-state index contributed by atoms with van der Waals surface area (Å²) in [5.41, 5.74) is 20.2. The highest BCUT2D eigenvalue weighted by molar-refractivity contribution is 6.11. The summed E-state index contributed by atoms with van der Waals surface area (Å²) in [6, 6.07) is 96.3. The van der Waals surface area contributed by atoms with E-state index in [1.807, 2.05) is 12.1 Å². The van der Waals surface area contributed by atoms with E-state index in [0.29, 0.717) is 0 Å². The minimum absolute atomic E-state index is 0.875. The average Bonchev–Trinajstić information content (AvgIpc) is 3.97. The quantitative estimate of drug-likeness (QED) is 0.144. The third kappa shape index (κ3) is 7.25. The molecule has 0 aliphatic rings. The van der Waals surface area contributed by atoms with E-state index in [1.54, 1.807) is 0 Å². The monoisotopic (exact) mass is 880 g/mol. The number of aromatic nitrogens is 1. The van der Waals surface area contributed by atoms with E-state index in [1.165, 1.54) is 60.8 Å². The molecule has 0 fully saturated rings. The molecule has 3 heteroatoms. The second-order valence-corrected chi connectivity index (χ2v) is 17.7. The molecule has 2 aromatic heterocycles. The van der Waals surface area contributed by atoms with Gasteiger partial charge >= 0.3 is 0 Å². The zero-order chi connectivity index (χ0) is 45.7. The van der Waals surface area contributed by atoms with Crippen molar-refractivity contribution in [3.63, 3.8) is 0 Å². The fraction of sp³-hybridized carbons (Fsp3) is 0. The Morgan fingerprint density at radius 1 is 0.261 bits per heavy atom. The van der Waals surface area contributed by atoms with Crippen LogP contribution in [0.15, 0.2) is 271 Å². The van der Waals surface area contributed by atoms with Gasteiger partial charge in [0.2, 0.25) is 0 Å². The van der Waals surface area contributed by atoms with Crippen LogP contribution in [0.25, 0.3) is 105 Å². The SMILES string of the molecule is c1ccc(-c2ccc(N(c3ccc(-c4ccc(-c5cccc(-c6ccccc6)c5)cc4-c4ccc5c6ccccc6n(-c6ccccc6)c5c4)cc3)c3ccc4oc5ccccc5c4c3)cc2)cc1. The number of fused-ring (bicyclic) bond motifs is 6. The van der Waals surface area contributed by atoms with Gasteiger partial charge in [-0.15, -0.1) is 0 Å². The molecule has 0 unspecified atom stereocenters. The van der Waals surface area contributed by atoms with Crippen LogP contribution in [0.2, 0.25) is 0 Å². The number of furan rings is 1. The third-order valence-electron chi connectivity index (χ3n) is 13.6. The van der Waals surface area contributed by atoms with Gasteiger partial charge in [-0.2, -0.15) is 0 Å². The second kappa shape index (κ2) is 16.9. The van der Waals surface area contributed by atoms with E-state index in [4.69, 9.17) is 4.42 Å². The third-order valence-corrected chi connectivity index (χ3v) is 13.6. The average molecular weight is 881 g/mol. The number of para-hydroxylation sites is 3. The molecule has 0 aliphatic heterocycles. The summed E-state index contributed by atoms with van der Waals surface area (Å²) in [6.45, 7) is 0. The first-order valence-corrected chi connectivity index (χ1v) is 23.6. The van der Waals surface area contributed by atoms with Crippen LogP contribution in [0.1, 0.15) is 0 Å². The van der Waals surface area contributed by atoms with Gasteiger partial charge in [0.05, 0.1) is 11.0 Å². The number of benzene rings is 11. The van der Waals surface area contributed by atoms with Crippen molar-refractivity contribution in [2.24, 2.45) is 0 Å². The Morgan fingerprint density at radius 2 is 0.768 bits per heavy atom. The predicted octanol–water partition coefficient (Wildman–Crippen LogP) is 18.5. The Labute approximate surface area is 401 Å². The van der Waals surface area contributed by atoms with Gasteiger partial charge in [-0.05, 0) is 141 Å². The van der Waals surface area contributed by atoms with Gasteiger partial charge in [0.1, 0.15) is 11.2 Å². The minimum Gasteiger partial charge on any atom is -0.456 e. The van der Waals surface area contributed by atoms with Crippen molar-refractivity contribution in [1.29, 1.82) is 0 Å². The maximum atomic E-state index is 6.29. The van der Waals surface area contributed by atoms with Crippen LogP contribution in [0.4, 0.5) is 17.1 Å². The first-order valence-electron chi connectivity index (χ1n) is 23.6. The van der Waals surface area contributed by atoms with Crippen LogP contribution in [0.3, 0.4) is 0 Å². The lowest BCUT2D eigenvalue weighted by Crippen LogP contribution is -2.09. The van der Waals surface area contributed by atoms with Crippen LogP contribution in [-0.4, -0.2) is 4.57 Å². The van der Waals surface area contributed by atoms with Crippen molar-refractivity contribution in [2.45, 2.75) is 0 Å². The zero-order valence-corrected chi connectivity index (χ0v) is 37.7. The van der Waals surface area contributed by atoms with E-state index < -0.39 is 0 Å². The van der Waals surface area contributed by atoms with E-state index in [9.17, 15) is 0 Å². The number of hydrogen-bond donors (Lipinski definition) is 0. The van der Waals surface area contributed by atoms with E-state index in [2.05, 4.69) is 264 Å². The minimum atomic E-state index is 0.875. The summed E-state index contributed by atoms with van der Waals surface area (Å²) in [6.07, 6.45) is 0. The molecule has 0 saturated heterocycles. The standard InChI is InChI=1S/C66H44N2O/c1-4-15-45(16-5-1)47-27-33-54(34-28-47)67(56-37-40-66-62(44-56)60-24-11-13-26-65(60)69-66)55-35-29-48(30-36-55)57-38-31-51(50-20-14-19-49(41-50)46-17-6-2-7-18-46)42-61(57)52-32-39-59-58-23-10-12-25-63(58)68(64(59)43-52)53-21-8-3-9-22-53/h1-44H. The molecule has 0 aliphatic carbocycles. The van der Waals surface area contributed by atoms with Crippen LogP contribution in [0, 0.1) is 0 Å². The van der Waals surface area contributed by atoms with Gasteiger partial charge in [-0.3, -0.25) is 0 Å². The van der Waals surface area contributed by atoms with E-state index in [0.717, 1.165) is 61.4 Å². The number of rotatable bonds is 9. The van der Waals surface area contributed by atoms with Crippen molar-refractivity contribution >= 4 is 60.8 Å². The summed E-state index contributed by atoms with van der Waals surface area (Å²) in [5.74, 6) is 0. The number of anilines is 3. The Balaban J connectivity index is 0.962. The van der Waals surface area contributed by atoms with Crippen LogP contribution in [0.5, 0.6) is 0 Å². The van der Waals surface area contributed by atoms with Gasteiger partial charge in [0.25, 0.3) is 0 Å². The topological polar surface area (TPSA) is 21.3 Å². The fourth-order valence-corrected chi connectivity index (χ4v) is 10.2. The number of hydrogen-bond acceptors (Lipinski definition) is 2. The molecular formula is C66H44N2O. The molecule has 0 amide bonds. The zero-order valence-electron chi connectivity index (χ0n) is 37.7. The summed E-state index contributed by atoms with van der Waals surface area (Å²) in [5, 5.41) is 4.67. The second-order valence-electron chi connectivity index (χ2n) is 17.7. The lowest BCUT2D eigenvalue weighted by Gasteiger charge is -2.26. The molecule has 13 rings (SSSR count). The normalized spacial score (nSPS) is 11.5. The molecule has 0 N–H and O–H groups in total. The van der Waals surface area contributed by atoms with Crippen molar-refractivity contribution in [3.05, 3.63) is 267 Å². The van der Waals surface area contributed by atoms with Crippen molar-refractivity contribution < 1.29 is 4.42 Å². The molecule has 0 saturated carbocycles.